The highest BCUT2D eigenvalue weighted by atomic mass is 31.2. The monoisotopic (exact) mass is 513 g/mol. The largest absolute Gasteiger partial charge is 0.497 e. The maximum Gasteiger partial charge on any atom is 0.469 e. The molecule has 1 fully saturated rings. The van der Waals surface area contributed by atoms with Crippen molar-refractivity contribution in [2.24, 2.45) is 0 Å². The molecule has 6 N–H and O–H groups in total. The summed E-state index contributed by atoms with van der Waals surface area (Å²) in [5.74, 6) is 1.33. The summed E-state index contributed by atoms with van der Waals surface area (Å²) in [5.41, 5.74) is 1.71. The number of H-pyrrole nitrogens is 1. The van der Waals surface area contributed by atoms with Crippen molar-refractivity contribution in [3.05, 3.63) is 30.4 Å². The van der Waals surface area contributed by atoms with Crippen LogP contribution in [0.2, 0.25) is 0 Å². The summed E-state index contributed by atoms with van der Waals surface area (Å²) in [4.78, 5) is 33.1. The van der Waals surface area contributed by atoms with Gasteiger partial charge in [0.1, 0.15) is 35.9 Å². The molecule has 3 aromatic rings. The van der Waals surface area contributed by atoms with E-state index in [4.69, 9.17) is 28.7 Å². The van der Waals surface area contributed by atoms with Gasteiger partial charge in [0.25, 0.3) is 0 Å². The molecule has 0 amide bonds. The molecule has 15 nitrogen and oxygen atoms in total. The number of hydrogen-bond donors (Lipinski definition) is 6. The van der Waals surface area contributed by atoms with E-state index in [0.717, 1.165) is 0 Å². The van der Waals surface area contributed by atoms with Crippen molar-refractivity contribution < 1.29 is 48.0 Å². The minimum Gasteiger partial charge on any atom is -0.497 e. The lowest BCUT2D eigenvalue weighted by Gasteiger charge is -2.21. The zero-order valence-electron chi connectivity index (χ0n) is 18.6. The second-order valence-corrected chi connectivity index (χ2v) is 8.66. The van der Waals surface area contributed by atoms with Crippen LogP contribution in [-0.4, -0.2) is 85.4 Å². The Kier molecular flexibility index (Phi) is 7.37. The number of methoxy groups -OCH3 is 2. The number of phosphoric ester groups is 1. The number of aromatic nitrogens is 4. The van der Waals surface area contributed by atoms with Gasteiger partial charge in [-0.3, -0.25) is 4.52 Å². The Labute approximate surface area is 198 Å². The van der Waals surface area contributed by atoms with Crippen LogP contribution in [0.25, 0.3) is 11.2 Å². The van der Waals surface area contributed by atoms with Crippen LogP contribution in [0, 0.1) is 0 Å². The molecule has 1 unspecified atom stereocenters. The molecule has 4 atom stereocenters. The number of aliphatic hydroxyl groups is 2. The molecule has 0 saturated carbocycles. The van der Waals surface area contributed by atoms with Crippen LogP contribution in [0.3, 0.4) is 0 Å². The van der Waals surface area contributed by atoms with Gasteiger partial charge in [-0.05, 0) is 6.07 Å². The molecule has 4 rings (SSSR count). The lowest BCUT2D eigenvalue weighted by atomic mass is 10.1. The zero-order valence-corrected chi connectivity index (χ0v) is 19.5. The van der Waals surface area contributed by atoms with Gasteiger partial charge in [0.15, 0.2) is 23.0 Å². The summed E-state index contributed by atoms with van der Waals surface area (Å²) < 4.78 is 37.4. The van der Waals surface area contributed by atoms with Crippen molar-refractivity contribution in [2.45, 2.75) is 31.1 Å². The Morgan fingerprint density at radius 3 is 2.66 bits per heavy atom. The van der Waals surface area contributed by atoms with E-state index in [1.807, 2.05) is 0 Å². The van der Waals surface area contributed by atoms with Crippen LogP contribution in [-0.2, 0) is 20.4 Å². The van der Waals surface area contributed by atoms with E-state index in [1.165, 1.54) is 32.9 Å². The first kappa shape index (κ1) is 25.1. The fourth-order valence-electron chi connectivity index (χ4n) is 3.52. The summed E-state index contributed by atoms with van der Waals surface area (Å²) in [6.45, 7) is -0.439. The van der Waals surface area contributed by atoms with E-state index in [-0.39, 0.29) is 18.0 Å². The fraction of sp³-hybridized carbons (Fsp3) is 0.421. The number of aliphatic hydroxyl groups excluding tert-OH is 2. The van der Waals surface area contributed by atoms with Crippen molar-refractivity contribution in [3.63, 3.8) is 0 Å². The molecule has 190 valence electrons. The van der Waals surface area contributed by atoms with E-state index in [1.54, 1.807) is 6.07 Å². The quantitative estimate of drug-likeness (QED) is 0.196. The second-order valence-electron chi connectivity index (χ2n) is 7.42. The highest BCUT2D eigenvalue weighted by molar-refractivity contribution is 7.46. The smallest absolute Gasteiger partial charge is 0.469 e. The molecule has 1 aliphatic rings. The third kappa shape index (κ3) is 5.62. The van der Waals surface area contributed by atoms with Crippen LogP contribution in [0.4, 0.5) is 5.82 Å². The number of benzene rings is 1. The van der Waals surface area contributed by atoms with Gasteiger partial charge in [0, 0.05) is 18.2 Å². The van der Waals surface area contributed by atoms with Gasteiger partial charge in [-0.2, -0.15) is 0 Å². The van der Waals surface area contributed by atoms with Gasteiger partial charge in [0.2, 0.25) is 6.29 Å². The maximum absolute atomic E-state index is 11.0. The third-order valence-corrected chi connectivity index (χ3v) is 5.67. The first-order valence-corrected chi connectivity index (χ1v) is 11.7. The van der Waals surface area contributed by atoms with Crippen molar-refractivity contribution >= 4 is 24.8 Å². The Bertz CT molecular complexity index is 1220. The van der Waals surface area contributed by atoms with Crippen LogP contribution < -0.4 is 19.5 Å². The summed E-state index contributed by atoms with van der Waals surface area (Å²) in [6, 6.07) is 3.21. The standard InChI is InChI=1S/C19H24N5O10P/c1-30-10-3-9(5-20-17-13-18(22-7-21-13)24-8-23-17)16(31-2)11(4-10)33-19-15(26)14(25)12(34-19)6-32-35(27,28)29/h3-4,7-8,12,14-15,19,25-26H,5-6H2,1-2H3,(H2,27,28,29)(H2,20,21,22,23,24)/t12-,14-,15-,19?/m1/s1. The number of fused-ring (bicyclic) bond motifs is 1. The van der Waals surface area contributed by atoms with Crippen LogP contribution in [0.1, 0.15) is 5.56 Å². The predicted octanol–water partition coefficient (Wildman–Crippen LogP) is -0.0830. The number of hydrogen-bond acceptors (Lipinski definition) is 12. The molecule has 0 aliphatic carbocycles. The van der Waals surface area contributed by atoms with Crippen molar-refractivity contribution in [1.29, 1.82) is 0 Å². The lowest BCUT2D eigenvalue weighted by Crippen LogP contribution is -2.36. The van der Waals surface area contributed by atoms with E-state index >= 15 is 0 Å². The van der Waals surface area contributed by atoms with Gasteiger partial charge in [-0.15, -0.1) is 0 Å². The molecular weight excluding hydrogens is 489 g/mol. The summed E-state index contributed by atoms with van der Waals surface area (Å²) in [5, 5.41) is 23.7. The SMILES string of the molecule is COc1cc(CNc2ncnc3nc[nH]c23)c(OC)c(OC2O[C@H](COP(=O)(O)O)[C@@H](O)[C@H]2O)c1. The van der Waals surface area contributed by atoms with Gasteiger partial charge in [0.05, 0.1) is 27.2 Å². The Morgan fingerprint density at radius 2 is 1.94 bits per heavy atom. The second kappa shape index (κ2) is 10.3. The number of phosphoric acid groups is 1. The molecule has 3 heterocycles. The molecule has 1 aliphatic heterocycles. The first-order chi connectivity index (χ1) is 16.7. The van der Waals surface area contributed by atoms with E-state index in [2.05, 4.69) is 29.8 Å². The van der Waals surface area contributed by atoms with Crippen LogP contribution in [0.5, 0.6) is 17.2 Å². The zero-order chi connectivity index (χ0) is 25.2. The van der Waals surface area contributed by atoms with Crippen LogP contribution in [0.15, 0.2) is 24.8 Å². The highest BCUT2D eigenvalue weighted by Gasteiger charge is 2.45. The molecule has 0 radical (unpaired) electrons. The number of aromatic amines is 1. The number of ether oxygens (including phenoxy) is 4. The minimum absolute atomic E-state index is 0.130. The van der Waals surface area contributed by atoms with Crippen molar-refractivity contribution in [2.75, 3.05) is 26.1 Å². The summed E-state index contributed by atoms with van der Waals surface area (Å²) >= 11 is 0. The fourth-order valence-corrected chi connectivity index (χ4v) is 3.86. The average molecular weight is 513 g/mol. The normalized spacial score (nSPS) is 22.3. The molecule has 1 saturated heterocycles. The van der Waals surface area contributed by atoms with Crippen LogP contribution >= 0.6 is 7.82 Å². The highest BCUT2D eigenvalue weighted by Crippen LogP contribution is 2.40. The number of imidazole rings is 1. The number of anilines is 1. The molecule has 0 bridgehead atoms. The number of nitrogens with one attached hydrogen (secondary N) is 2. The number of nitrogens with zero attached hydrogens (tertiary/aromatic N) is 3. The molecule has 16 heteroatoms. The van der Waals surface area contributed by atoms with E-state index < -0.39 is 39.0 Å². The van der Waals surface area contributed by atoms with E-state index in [9.17, 15) is 14.8 Å². The Hall–Kier alpha value is -3.04. The minimum atomic E-state index is -4.80. The van der Waals surface area contributed by atoms with Gasteiger partial charge >= 0.3 is 7.82 Å². The van der Waals surface area contributed by atoms with Gasteiger partial charge in [-0.25, -0.2) is 19.5 Å². The van der Waals surface area contributed by atoms with Gasteiger partial charge in [-0.1, -0.05) is 0 Å². The maximum atomic E-state index is 11.0. The summed E-state index contributed by atoms with van der Waals surface area (Å²) in [7, 11) is -1.91. The molecule has 1 aromatic carbocycles. The third-order valence-electron chi connectivity index (χ3n) is 5.18. The predicted molar refractivity (Wildman–Crippen MR) is 118 cm³/mol. The van der Waals surface area contributed by atoms with Crippen molar-refractivity contribution in [3.8, 4) is 17.2 Å². The Morgan fingerprint density at radius 1 is 1.14 bits per heavy atom. The lowest BCUT2D eigenvalue weighted by molar-refractivity contribution is -0.116. The Balaban J connectivity index is 1.54. The first-order valence-electron chi connectivity index (χ1n) is 10.2. The molecule has 35 heavy (non-hydrogen) atoms. The molecule has 0 spiro atoms. The van der Waals surface area contributed by atoms with Crippen molar-refractivity contribution in [1.82, 2.24) is 19.9 Å². The average Bonchev–Trinajstić information content (AvgIpc) is 3.41. The topological polar surface area (TPSA) is 211 Å². The van der Waals surface area contributed by atoms with E-state index in [0.29, 0.717) is 28.3 Å². The molecular formula is C19H24N5O10P. The van der Waals surface area contributed by atoms with Gasteiger partial charge < -0.3 is 49.2 Å². The summed E-state index contributed by atoms with van der Waals surface area (Å²) in [6.07, 6.45) is -2.80. The number of rotatable bonds is 10. The molecule has 2 aromatic heterocycles.